The SMILES string of the molecule is C1CCCCC1.C=CN=CC(=C)/C=C/C(=O)Nc1sc2c(c1C#N)CCC(OC(N)=O)C2. The Morgan fingerprint density at radius 3 is 2.44 bits per heavy atom. The highest BCUT2D eigenvalue weighted by atomic mass is 32.1. The highest BCUT2D eigenvalue weighted by molar-refractivity contribution is 7.16. The molecule has 1 aromatic rings. The number of nitriles is 1. The van der Waals surface area contributed by atoms with Crippen molar-refractivity contribution in [3.8, 4) is 6.07 Å². The molecule has 1 aromatic heterocycles. The summed E-state index contributed by atoms with van der Waals surface area (Å²) >= 11 is 1.31. The number of rotatable bonds is 6. The zero-order chi connectivity index (χ0) is 23.3. The number of hydrogen-bond donors (Lipinski definition) is 2. The summed E-state index contributed by atoms with van der Waals surface area (Å²) in [7, 11) is 0. The van der Waals surface area contributed by atoms with Crippen molar-refractivity contribution in [2.45, 2.75) is 63.9 Å². The molecule has 0 saturated heterocycles. The van der Waals surface area contributed by atoms with Gasteiger partial charge in [-0.05, 0) is 30.1 Å². The fourth-order valence-electron chi connectivity index (χ4n) is 3.62. The van der Waals surface area contributed by atoms with E-state index in [1.54, 1.807) is 0 Å². The highest BCUT2D eigenvalue weighted by Gasteiger charge is 2.27. The molecule has 1 heterocycles. The second-order valence-corrected chi connectivity index (χ2v) is 8.71. The van der Waals surface area contributed by atoms with Gasteiger partial charge in [-0.1, -0.05) is 51.7 Å². The van der Waals surface area contributed by atoms with Crippen LogP contribution in [0.4, 0.5) is 9.80 Å². The lowest BCUT2D eigenvalue weighted by atomic mass is 9.94. The average molecular weight is 455 g/mol. The molecule has 2 aliphatic carbocycles. The van der Waals surface area contributed by atoms with Gasteiger partial charge in [0.05, 0.1) is 5.56 Å². The van der Waals surface area contributed by atoms with E-state index in [0.717, 1.165) is 10.4 Å². The first-order valence-corrected chi connectivity index (χ1v) is 11.6. The van der Waals surface area contributed by atoms with Gasteiger partial charge in [0.2, 0.25) is 5.91 Å². The second-order valence-electron chi connectivity index (χ2n) is 7.60. The standard InChI is InChI=1S/C18H18N4O3S.C6H12/c1-3-21-10-11(2)4-7-16(23)22-17-14(9-19)13-6-5-12(25-18(20)24)8-15(13)26-17;1-2-4-6-5-3-1/h3-4,7,10,12H,1-2,5-6,8H2,(H2,20,24)(H,22,23);1-6H2/b7-4+,21-10?;. The molecule has 170 valence electrons. The molecule has 0 radical (unpaired) electrons. The Hall–Kier alpha value is -3.18. The van der Waals surface area contributed by atoms with Crippen LogP contribution >= 0.6 is 11.3 Å². The molecular weight excluding hydrogens is 424 g/mol. The van der Waals surface area contributed by atoms with Crippen LogP contribution in [0.25, 0.3) is 0 Å². The molecule has 8 heteroatoms. The lowest BCUT2D eigenvalue weighted by Gasteiger charge is -2.21. The normalized spacial score (nSPS) is 17.5. The molecule has 7 nitrogen and oxygen atoms in total. The molecule has 3 N–H and O–H groups in total. The number of hydrogen-bond acceptors (Lipinski definition) is 6. The van der Waals surface area contributed by atoms with E-state index in [1.807, 2.05) is 0 Å². The van der Waals surface area contributed by atoms with Crippen molar-refractivity contribution in [2.24, 2.45) is 10.7 Å². The number of nitrogens with zero attached hydrogens (tertiary/aromatic N) is 2. The average Bonchev–Trinajstić information content (AvgIpc) is 3.13. The zero-order valence-electron chi connectivity index (χ0n) is 18.3. The Labute approximate surface area is 193 Å². The summed E-state index contributed by atoms with van der Waals surface area (Å²) in [6, 6.07) is 2.15. The molecule has 32 heavy (non-hydrogen) atoms. The number of amides is 2. The van der Waals surface area contributed by atoms with E-state index < -0.39 is 6.09 Å². The van der Waals surface area contributed by atoms with E-state index in [4.69, 9.17) is 10.5 Å². The van der Waals surface area contributed by atoms with Gasteiger partial charge in [0.15, 0.2) is 0 Å². The molecule has 1 fully saturated rings. The quantitative estimate of drug-likeness (QED) is 0.350. The summed E-state index contributed by atoms with van der Waals surface area (Å²) in [4.78, 5) is 27.7. The lowest BCUT2D eigenvalue weighted by molar-refractivity contribution is -0.111. The summed E-state index contributed by atoms with van der Waals surface area (Å²) in [6.07, 6.45) is 15.2. The number of thiophene rings is 1. The number of allylic oxidation sites excluding steroid dienone is 2. The Morgan fingerprint density at radius 2 is 1.88 bits per heavy atom. The van der Waals surface area contributed by atoms with Gasteiger partial charge in [0, 0.05) is 29.8 Å². The predicted molar refractivity (Wildman–Crippen MR) is 129 cm³/mol. The van der Waals surface area contributed by atoms with Crippen molar-refractivity contribution in [3.05, 3.63) is 53.1 Å². The minimum atomic E-state index is -0.811. The summed E-state index contributed by atoms with van der Waals surface area (Å²) in [5.41, 5.74) is 6.95. The number of primary amides is 1. The largest absolute Gasteiger partial charge is 0.446 e. The Bertz CT molecular complexity index is 924. The number of nitrogens with two attached hydrogens (primary N) is 1. The number of fused-ring (bicyclic) bond motifs is 1. The maximum absolute atomic E-state index is 12.1. The van der Waals surface area contributed by atoms with Gasteiger partial charge >= 0.3 is 6.09 Å². The highest BCUT2D eigenvalue weighted by Crippen LogP contribution is 2.38. The van der Waals surface area contributed by atoms with Crippen LogP contribution in [0.5, 0.6) is 0 Å². The van der Waals surface area contributed by atoms with E-state index in [0.29, 0.717) is 35.4 Å². The molecule has 0 aliphatic heterocycles. The minimum Gasteiger partial charge on any atom is -0.446 e. The van der Waals surface area contributed by atoms with Crippen LogP contribution in [0.2, 0.25) is 0 Å². The monoisotopic (exact) mass is 454 g/mol. The van der Waals surface area contributed by atoms with Crippen LogP contribution in [0, 0.1) is 11.3 Å². The first-order valence-electron chi connectivity index (χ1n) is 10.8. The molecule has 3 rings (SSSR count). The lowest BCUT2D eigenvalue weighted by Crippen LogP contribution is -2.27. The molecular formula is C24H30N4O3S. The first-order chi connectivity index (χ1) is 15.4. The van der Waals surface area contributed by atoms with E-state index in [-0.39, 0.29) is 12.0 Å². The van der Waals surface area contributed by atoms with Crippen molar-refractivity contribution in [2.75, 3.05) is 5.32 Å². The molecule has 0 aromatic carbocycles. The van der Waals surface area contributed by atoms with Crippen molar-refractivity contribution < 1.29 is 14.3 Å². The number of nitrogens with one attached hydrogen (secondary N) is 1. The molecule has 1 unspecified atom stereocenters. The van der Waals surface area contributed by atoms with Crippen molar-refractivity contribution >= 4 is 34.6 Å². The minimum absolute atomic E-state index is 0.305. The maximum atomic E-state index is 12.1. The molecule has 1 atom stereocenters. The van der Waals surface area contributed by atoms with Gasteiger partial charge in [-0.15, -0.1) is 11.3 Å². The summed E-state index contributed by atoms with van der Waals surface area (Å²) in [6.45, 7) is 7.17. The van der Waals surface area contributed by atoms with Crippen molar-refractivity contribution in [1.29, 1.82) is 5.26 Å². The fraction of sp³-hybridized carbons (Fsp3) is 0.417. The molecule has 2 amide bonds. The number of anilines is 1. The van der Waals surface area contributed by atoms with Gasteiger partial charge in [-0.3, -0.25) is 9.79 Å². The topological polar surface area (TPSA) is 118 Å². The Balaban J connectivity index is 0.000000520. The van der Waals surface area contributed by atoms with Crippen LogP contribution in [0.15, 0.2) is 42.1 Å². The third-order valence-corrected chi connectivity index (χ3v) is 6.32. The number of ether oxygens (including phenoxy) is 1. The Morgan fingerprint density at radius 1 is 1.22 bits per heavy atom. The van der Waals surface area contributed by atoms with Gasteiger partial charge < -0.3 is 15.8 Å². The third kappa shape index (κ3) is 8.16. The van der Waals surface area contributed by atoms with Crippen LogP contribution in [0.3, 0.4) is 0 Å². The number of aliphatic imine (C=N–C) groups is 1. The maximum Gasteiger partial charge on any atom is 0.404 e. The van der Waals surface area contributed by atoms with Crippen molar-refractivity contribution in [3.63, 3.8) is 0 Å². The fourth-order valence-corrected chi connectivity index (χ4v) is 4.88. The van der Waals surface area contributed by atoms with Gasteiger partial charge in [0.25, 0.3) is 0 Å². The van der Waals surface area contributed by atoms with Crippen LogP contribution in [0.1, 0.15) is 60.9 Å². The van der Waals surface area contributed by atoms with Gasteiger partial charge in [-0.2, -0.15) is 5.26 Å². The first kappa shape index (κ1) is 25.1. The third-order valence-electron chi connectivity index (χ3n) is 5.15. The van der Waals surface area contributed by atoms with E-state index >= 15 is 0 Å². The molecule has 0 bridgehead atoms. The number of carbonyl (C=O) groups is 2. The van der Waals surface area contributed by atoms with Gasteiger partial charge in [0.1, 0.15) is 17.2 Å². The number of carbonyl (C=O) groups excluding carboxylic acids is 2. The second kappa shape index (κ2) is 13.3. The molecule has 0 spiro atoms. The van der Waals surface area contributed by atoms with E-state index in [9.17, 15) is 14.9 Å². The summed E-state index contributed by atoms with van der Waals surface area (Å²) in [5.74, 6) is -0.377. The van der Waals surface area contributed by atoms with E-state index in [2.05, 4.69) is 29.5 Å². The van der Waals surface area contributed by atoms with Crippen molar-refractivity contribution in [1.82, 2.24) is 0 Å². The molecule has 2 aliphatic rings. The predicted octanol–water partition coefficient (Wildman–Crippen LogP) is 5.18. The summed E-state index contributed by atoms with van der Waals surface area (Å²) in [5, 5.41) is 12.6. The smallest absolute Gasteiger partial charge is 0.404 e. The Kier molecular flexibility index (Phi) is 10.4. The summed E-state index contributed by atoms with van der Waals surface area (Å²) < 4.78 is 5.04. The van der Waals surface area contributed by atoms with Crippen LogP contribution < -0.4 is 11.1 Å². The van der Waals surface area contributed by atoms with Crippen LogP contribution in [-0.2, 0) is 22.4 Å². The van der Waals surface area contributed by atoms with Crippen LogP contribution in [-0.4, -0.2) is 24.3 Å². The molecule has 1 saturated carbocycles. The van der Waals surface area contributed by atoms with Gasteiger partial charge in [-0.25, -0.2) is 4.79 Å². The zero-order valence-corrected chi connectivity index (χ0v) is 19.1. The van der Waals surface area contributed by atoms with E-state index in [1.165, 1.54) is 74.4 Å².